The fraction of sp³-hybridized carbons (Fsp3) is 0.190. The zero-order chi connectivity index (χ0) is 20.7. The Morgan fingerprint density at radius 3 is 2.62 bits per heavy atom. The fourth-order valence-corrected chi connectivity index (χ4v) is 4.12. The van der Waals surface area contributed by atoms with Crippen LogP contribution in [0.1, 0.15) is 40.8 Å². The molecule has 4 aromatic rings. The van der Waals surface area contributed by atoms with Gasteiger partial charge >= 0.3 is 0 Å². The number of anilines is 2. The molecule has 0 saturated heterocycles. The molecule has 0 aliphatic carbocycles. The van der Waals surface area contributed by atoms with Crippen LogP contribution in [0.5, 0.6) is 0 Å². The molecule has 1 amide bonds. The van der Waals surface area contributed by atoms with E-state index in [2.05, 4.69) is 29.2 Å². The van der Waals surface area contributed by atoms with Crippen molar-refractivity contribution in [1.29, 1.82) is 0 Å². The Morgan fingerprint density at radius 2 is 1.93 bits per heavy atom. The molecule has 8 heteroatoms. The molecule has 0 bridgehead atoms. The highest BCUT2D eigenvalue weighted by molar-refractivity contribution is 7.21. The SMILES string of the molecule is Cc1[nH]n(-c2ccccc2)c(=O)c1NC(=O)c1sc2nc(C(C)C)ccc2c1N. The van der Waals surface area contributed by atoms with Gasteiger partial charge in [-0.15, -0.1) is 11.3 Å². The molecule has 3 aromatic heterocycles. The molecular formula is C21H21N5O2S. The maximum atomic E-state index is 12.9. The smallest absolute Gasteiger partial charge is 0.295 e. The van der Waals surface area contributed by atoms with Crippen molar-refractivity contribution in [1.82, 2.24) is 14.8 Å². The number of hydrogen-bond donors (Lipinski definition) is 3. The third-order valence-electron chi connectivity index (χ3n) is 4.74. The first-order valence-electron chi connectivity index (χ1n) is 9.24. The van der Waals surface area contributed by atoms with Gasteiger partial charge in [0, 0.05) is 11.1 Å². The van der Waals surface area contributed by atoms with Crippen molar-refractivity contribution in [3.05, 3.63) is 69.1 Å². The number of amides is 1. The van der Waals surface area contributed by atoms with Crippen molar-refractivity contribution >= 4 is 38.8 Å². The standard InChI is InChI=1S/C21H21N5O2S/c1-11(2)15-10-9-14-16(22)18(29-20(14)23-15)19(27)24-17-12(3)25-26(21(17)28)13-7-5-4-6-8-13/h4-11,25H,22H2,1-3H3,(H,24,27). The number of carbonyl (C=O) groups excluding carboxylic acids is 1. The van der Waals surface area contributed by atoms with Crippen LogP contribution in [0, 0.1) is 6.92 Å². The Bertz CT molecular complexity index is 1270. The van der Waals surface area contributed by atoms with Crippen LogP contribution in [0.3, 0.4) is 0 Å². The van der Waals surface area contributed by atoms with Crippen molar-refractivity contribution in [3.63, 3.8) is 0 Å². The van der Waals surface area contributed by atoms with Gasteiger partial charge in [0.1, 0.15) is 15.4 Å². The molecule has 0 unspecified atom stereocenters. The number of aryl methyl sites for hydroxylation is 1. The van der Waals surface area contributed by atoms with Crippen LogP contribution < -0.4 is 16.6 Å². The van der Waals surface area contributed by atoms with Crippen molar-refractivity contribution in [2.75, 3.05) is 11.1 Å². The van der Waals surface area contributed by atoms with Crippen LogP contribution in [0.4, 0.5) is 11.4 Å². The summed E-state index contributed by atoms with van der Waals surface area (Å²) in [7, 11) is 0. The summed E-state index contributed by atoms with van der Waals surface area (Å²) in [6, 6.07) is 13.0. The summed E-state index contributed by atoms with van der Waals surface area (Å²) < 4.78 is 1.40. The molecule has 148 valence electrons. The summed E-state index contributed by atoms with van der Waals surface area (Å²) in [5.41, 5.74) is 8.65. The average Bonchev–Trinajstić information content (AvgIpc) is 3.19. The van der Waals surface area contributed by atoms with E-state index in [1.54, 1.807) is 6.92 Å². The van der Waals surface area contributed by atoms with E-state index in [0.717, 1.165) is 11.1 Å². The molecule has 4 rings (SSSR count). The number of fused-ring (bicyclic) bond motifs is 1. The molecule has 4 N–H and O–H groups in total. The number of carbonyl (C=O) groups is 1. The Kier molecular flexibility index (Phi) is 4.71. The van der Waals surface area contributed by atoms with Crippen molar-refractivity contribution in [3.8, 4) is 5.69 Å². The topological polar surface area (TPSA) is 106 Å². The Morgan fingerprint density at radius 1 is 1.21 bits per heavy atom. The Balaban J connectivity index is 1.69. The van der Waals surface area contributed by atoms with E-state index in [0.29, 0.717) is 26.8 Å². The number of nitrogen functional groups attached to an aromatic ring is 1. The summed E-state index contributed by atoms with van der Waals surface area (Å²) >= 11 is 1.23. The van der Waals surface area contributed by atoms with Gasteiger partial charge in [0.2, 0.25) is 0 Å². The number of H-pyrrole nitrogens is 1. The predicted octanol–water partition coefficient (Wildman–Crippen LogP) is 4.04. The summed E-state index contributed by atoms with van der Waals surface area (Å²) in [5, 5.41) is 6.47. The van der Waals surface area contributed by atoms with Gasteiger partial charge < -0.3 is 11.1 Å². The zero-order valence-electron chi connectivity index (χ0n) is 16.3. The number of aromatic amines is 1. The van der Waals surface area contributed by atoms with E-state index in [9.17, 15) is 9.59 Å². The predicted molar refractivity (Wildman–Crippen MR) is 117 cm³/mol. The van der Waals surface area contributed by atoms with Crippen molar-refractivity contribution in [2.45, 2.75) is 26.7 Å². The van der Waals surface area contributed by atoms with E-state index in [1.165, 1.54) is 16.0 Å². The number of nitrogens with zero attached hydrogens (tertiary/aromatic N) is 2. The van der Waals surface area contributed by atoms with Crippen molar-refractivity contribution < 1.29 is 4.79 Å². The summed E-state index contributed by atoms with van der Waals surface area (Å²) in [6.07, 6.45) is 0. The first-order chi connectivity index (χ1) is 13.9. The van der Waals surface area contributed by atoms with Crippen LogP contribution in [0.25, 0.3) is 15.9 Å². The number of hydrogen-bond acceptors (Lipinski definition) is 5. The van der Waals surface area contributed by atoms with Crippen LogP contribution >= 0.6 is 11.3 Å². The quantitative estimate of drug-likeness (QED) is 0.475. The minimum absolute atomic E-state index is 0.200. The van der Waals surface area contributed by atoms with E-state index in [-0.39, 0.29) is 17.2 Å². The normalized spacial score (nSPS) is 11.3. The average molecular weight is 407 g/mol. The van der Waals surface area contributed by atoms with E-state index in [4.69, 9.17) is 5.73 Å². The number of pyridine rings is 1. The number of benzene rings is 1. The van der Waals surface area contributed by atoms with Crippen LogP contribution in [-0.2, 0) is 0 Å². The summed E-state index contributed by atoms with van der Waals surface area (Å²) in [4.78, 5) is 31.4. The molecular weight excluding hydrogens is 386 g/mol. The lowest BCUT2D eigenvalue weighted by atomic mass is 10.1. The van der Waals surface area contributed by atoms with Gasteiger partial charge in [-0.2, -0.15) is 0 Å². The molecule has 0 spiro atoms. The lowest BCUT2D eigenvalue weighted by Crippen LogP contribution is -2.21. The molecule has 29 heavy (non-hydrogen) atoms. The first kappa shape index (κ1) is 18.9. The van der Waals surface area contributed by atoms with Crippen LogP contribution in [0.15, 0.2) is 47.3 Å². The second-order valence-corrected chi connectivity index (χ2v) is 8.13. The van der Waals surface area contributed by atoms with Gasteiger partial charge in [0.15, 0.2) is 0 Å². The van der Waals surface area contributed by atoms with Gasteiger partial charge in [0.05, 0.1) is 17.1 Å². The molecule has 1 aromatic carbocycles. The lowest BCUT2D eigenvalue weighted by Gasteiger charge is -2.03. The summed E-state index contributed by atoms with van der Waals surface area (Å²) in [5.74, 6) is -0.144. The van der Waals surface area contributed by atoms with Crippen LogP contribution in [0.2, 0.25) is 0 Å². The highest BCUT2D eigenvalue weighted by atomic mass is 32.1. The largest absolute Gasteiger partial charge is 0.397 e. The molecule has 0 atom stereocenters. The number of nitrogens with one attached hydrogen (secondary N) is 2. The third-order valence-corrected chi connectivity index (χ3v) is 5.85. The van der Waals surface area contributed by atoms with E-state index >= 15 is 0 Å². The second-order valence-electron chi connectivity index (χ2n) is 7.13. The maximum Gasteiger partial charge on any atom is 0.295 e. The van der Waals surface area contributed by atoms with E-state index < -0.39 is 5.91 Å². The Hall–Kier alpha value is -3.39. The fourth-order valence-electron chi connectivity index (χ4n) is 3.12. The third kappa shape index (κ3) is 3.31. The number of aromatic nitrogens is 3. The number of rotatable bonds is 4. The zero-order valence-corrected chi connectivity index (χ0v) is 17.1. The van der Waals surface area contributed by atoms with Gasteiger partial charge in [-0.3, -0.25) is 14.7 Å². The maximum absolute atomic E-state index is 12.9. The molecule has 0 saturated carbocycles. The molecule has 7 nitrogen and oxygen atoms in total. The van der Waals surface area contributed by atoms with Crippen molar-refractivity contribution in [2.24, 2.45) is 0 Å². The number of nitrogens with two attached hydrogens (primary N) is 1. The van der Waals surface area contributed by atoms with E-state index in [1.807, 2.05) is 42.5 Å². The van der Waals surface area contributed by atoms with Gasteiger partial charge in [-0.05, 0) is 37.1 Å². The number of para-hydroxylation sites is 1. The lowest BCUT2D eigenvalue weighted by molar-refractivity contribution is 0.103. The highest BCUT2D eigenvalue weighted by Gasteiger charge is 2.21. The summed E-state index contributed by atoms with van der Waals surface area (Å²) in [6.45, 7) is 5.86. The number of thiophene rings is 1. The molecule has 0 radical (unpaired) electrons. The monoisotopic (exact) mass is 407 g/mol. The highest BCUT2D eigenvalue weighted by Crippen LogP contribution is 2.34. The minimum Gasteiger partial charge on any atom is -0.397 e. The molecule has 0 aliphatic heterocycles. The minimum atomic E-state index is -0.420. The molecule has 0 fully saturated rings. The molecule has 0 aliphatic rings. The Labute approximate surface area is 171 Å². The van der Waals surface area contributed by atoms with Gasteiger partial charge in [-0.25, -0.2) is 9.67 Å². The molecule has 3 heterocycles. The first-order valence-corrected chi connectivity index (χ1v) is 10.1. The van der Waals surface area contributed by atoms with Crippen LogP contribution in [-0.4, -0.2) is 20.7 Å². The van der Waals surface area contributed by atoms with Gasteiger partial charge in [0.25, 0.3) is 11.5 Å². The van der Waals surface area contributed by atoms with Gasteiger partial charge in [-0.1, -0.05) is 32.0 Å². The second kappa shape index (κ2) is 7.21.